The van der Waals surface area contributed by atoms with E-state index in [1.807, 2.05) is 6.92 Å². The number of rotatable bonds is 5. The molecule has 9 heteroatoms. The van der Waals surface area contributed by atoms with Crippen LogP contribution in [0.2, 0.25) is 5.02 Å². The minimum atomic E-state index is -3.52. The number of amides is 1. The van der Waals surface area contributed by atoms with Gasteiger partial charge in [-0.15, -0.1) is 0 Å². The molecule has 1 amide bonds. The standard InChI is InChI=1S/C15H21ClN2O5S/c1-9-5-12(11(16)7-14(9)23-3)17-15(19)13-6-10(22-2)8-18(13)24(4,20)21/h5,7,10,13H,6,8H2,1-4H3,(H,17,19)/t10-,13+/m0/s1. The Morgan fingerprint density at radius 1 is 1.38 bits per heavy atom. The van der Waals surface area contributed by atoms with E-state index in [9.17, 15) is 13.2 Å². The monoisotopic (exact) mass is 376 g/mol. The number of aryl methyl sites for hydroxylation is 1. The first-order valence-corrected chi connectivity index (χ1v) is 9.54. The van der Waals surface area contributed by atoms with Crippen LogP contribution in [0.25, 0.3) is 0 Å². The summed E-state index contributed by atoms with van der Waals surface area (Å²) in [5, 5.41) is 3.02. The lowest BCUT2D eigenvalue weighted by molar-refractivity contribution is -0.119. The molecule has 0 saturated carbocycles. The van der Waals surface area contributed by atoms with Gasteiger partial charge in [-0.25, -0.2) is 8.42 Å². The molecule has 7 nitrogen and oxygen atoms in total. The zero-order chi connectivity index (χ0) is 18.1. The van der Waals surface area contributed by atoms with E-state index in [-0.39, 0.29) is 12.6 Å². The minimum absolute atomic E-state index is 0.156. The number of sulfonamides is 1. The second kappa shape index (κ2) is 7.26. The summed E-state index contributed by atoms with van der Waals surface area (Å²) in [6.45, 7) is 1.98. The van der Waals surface area contributed by atoms with E-state index in [0.717, 1.165) is 16.1 Å². The Morgan fingerprint density at radius 3 is 2.58 bits per heavy atom. The van der Waals surface area contributed by atoms with Crippen molar-refractivity contribution in [3.63, 3.8) is 0 Å². The molecule has 1 aliphatic heterocycles. The summed E-state index contributed by atoms with van der Waals surface area (Å²) in [4.78, 5) is 12.6. The molecule has 1 heterocycles. The first-order valence-electron chi connectivity index (χ1n) is 7.32. The van der Waals surface area contributed by atoms with Crippen molar-refractivity contribution in [1.82, 2.24) is 4.31 Å². The number of hydrogen-bond acceptors (Lipinski definition) is 5. The van der Waals surface area contributed by atoms with Crippen molar-refractivity contribution in [2.45, 2.75) is 25.5 Å². The molecule has 1 aromatic rings. The zero-order valence-corrected chi connectivity index (χ0v) is 15.6. The molecule has 1 N–H and O–H groups in total. The van der Waals surface area contributed by atoms with E-state index < -0.39 is 22.0 Å². The van der Waals surface area contributed by atoms with Gasteiger partial charge in [0, 0.05) is 26.1 Å². The number of anilines is 1. The van der Waals surface area contributed by atoms with Gasteiger partial charge in [-0.1, -0.05) is 11.6 Å². The van der Waals surface area contributed by atoms with Gasteiger partial charge in [-0.2, -0.15) is 4.31 Å². The second-order valence-electron chi connectivity index (χ2n) is 5.73. The Kier molecular flexibility index (Phi) is 5.74. The third-order valence-corrected chi connectivity index (χ3v) is 5.59. The van der Waals surface area contributed by atoms with Crippen LogP contribution in [0.4, 0.5) is 5.69 Å². The predicted molar refractivity (Wildman–Crippen MR) is 92.1 cm³/mol. The van der Waals surface area contributed by atoms with Crippen LogP contribution >= 0.6 is 11.6 Å². The molecule has 0 bridgehead atoms. The maximum absolute atomic E-state index is 12.6. The van der Waals surface area contributed by atoms with Crippen molar-refractivity contribution in [1.29, 1.82) is 0 Å². The third-order valence-electron chi connectivity index (χ3n) is 4.02. The van der Waals surface area contributed by atoms with Gasteiger partial charge in [-0.05, 0) is 18.6 Å². The smallest absolute Gasteiger partial charge is 0.242 e. The van der Waals surface area contributed by atoms with Crippen LogP contribution in [-0.2, 0) is 19.6 Å². The van der Waals surface area contributed by atoms with Gasteiger partial charge in [0.15, 0.2) is 0 Å². The molecule has 1 saturated heterocycles. The lowest BCUT2D eigenvalue weighted by atomic mass is 10.1. The number of carbonyl (C=O) groups excluding carboxylic acids is 1. The van der Waals surface area contributed by atoms with Crippen molar-refractivity contribution in [2.75, 3.05) is 32.3 Å². The van der Waals surface area contributed by atoms with Crippen molar-refractivity contribution in [3.05, 3.63) is 22.7 Å². The summed E-state index contributed by atoms with van der Waals surface area (Å²) in [6.07, 6.45) is 1.06. The highest BCUT2D eigenvalue weighted by molar-refractivity contribution is 7.88. The molecular formula is C15H21ClN2O5S. The quantitative estimate of drug-likeness (QED) is 0.844. The van der Waals surface area contributed by atoms with E-state index in [1.165, 1.54) is 14.2 Å². The first kappa shape index (κ1) is 19.0. The molecular weight excluding hydrogens is 356 g/mol. The van der Waals surface area contributed by atoms with E-state index in [2.05, 4.69) is 5.32 Å². The summed E-state index contributed by atoms with van der Waals surface area (Å²) in [5.74, 6) is 0.169. The number of methoxy groups -OCH3 is 2. The van der Waals surface area contributed by atoms with Crippen LogP contribution in [0.15, 0.2) is 12.1 Å². The normalized spacial score (nSPS) is 21.7. The summed E-state index contributed by atoms with van der Waals surface area (Å²) < 4.78 is 35.4. The van der Waals surface area contributed by atoms with E-state index in [4.69, 9.17) is 21.1 Å². The lowest BCUT2D eigenvalue weighted by Crippen LogP contribution is -2.42. The molecule has 1 fully saturated rings. The van der Waals surface area contributed by atoms with Crippen molar-refractivity contribution >= 4 is 33.2 Å². The van der Waals surface area contributed by atoms with Crippen LogP contribution in [-0.4, -0.2) is 57.8 Å². The van der Waals surface area contributed by atoms with Gasteiger partial charge >= 0.3 is 0 Å². The third kappa shape index (κ3) is 4.00. The van der Waals surface area contributed by atoms with Gasteiger partial charge in [0.05, 0.1) is 30.2 Å². The molecule has 0 radical (unpaired) electrons. The summed E-state index contributed by atoms with van der Waals surface area (Å²) in [7, 11) is -0.494. The minimum Gasteiger partial charge on any atom is -0.496 e. The Hall–Kier alpha value is -1.35. The summed E-state index contributed by atoms with van der Waals surface area (Å²) in [6, 6.07) is 2.46. The van der Waals surface area contributed by atoms with E-state index >= 15 is 0 Å². The highest BCUT2D eigenvalue weighted by Crippen LogP contribution is 2.31. The van der Waals surface area contributed by atoms with Gasteiger partial charge in [0.25, 0.3) is 0 Å². The Morgan fingerprint density at radius 2 is 2.04 bits per heavy atom. The van der Waals surface area contributed by atoms with Gasteiger partial charge < -0.3 is 14.8 Å². The predicted octanol–water partition coefficient (Wildman–Crippen LogP) is 1.64. The van der Waals surface area contributed by atoms with Crippen molar-refractivity contribution in [3.8, 4) is 5.75 Å². The number of carbonyl (C=O) groups is 1. The van der Waals surface area contributed by atoms with Gasteiger partial charge in [0.1, 0.15) is 11.8 Å². The molecule has 2 atom stereocenters. The number of ether oxygens (including phenoxy) is 2. The van der Waals surface area contributed by atoms with Crippen molar-refractivity contribution < 1.29 is 22.7 Å². The number of nitrogens with one attached hydrogen (secondary N) is 1. The summed E-state index contributed by atoms with van der Waals surface area (Å²) in [5.41, 5.74) is 1.22. The van der Waals surface area contributed by atoms with Gasteiger partial charge in [-0.3, -0.25) is 4.79 Å². The largest absolute Gasteiger partial charge is 0.496 e. The lowest BCUT2D eigenvalue weighted by Gasteiger charge is -2.21. The van der Waals surface area contributed by atoms with E-state index in [1.54, 1.807) is 12.1 Å². The molecule has 134 valence electrons. The van der Waals surface area contributed by atoms with Crippen LogP contribution in [0.3, 0.4) is 0 Å². The fourth-order valence-electron chi connectivity index (χ4n) is 2.74. The molecule has 1 aromatic carbocycles. The highest BCUT2D eigenvalue weighted by atomic mass is 35.5. The number of hydrogen-bond donors (Lipinski definition) is 1. The van der Waals surface area contributed by atoms with Gasteiger partial charge in [0.2, 0.25) is 15.9 Å². The molecule has 2 rings (SSSR count). The second-order valence-corrected chi connectivity index (χ2v) is 8.08. The number of halogens is 1. The van der Waals surface area contributed by atoms with Crippen LogP contribution in [0, 0.1) is 6.92 Å². The van der Waals surface area contributed by atoms with E-state index in [0.29, 0.717) is 22.9 Å². The Labute approximate surface area is 146 Å². The average Bonchev–Trinajstić information content (AvgIpc) is 2.95. The maximum Gasteiger partial charge on any atom is 0.242 e. The number of benzene rings is 1. The molecule has 1 aliphatic rings. The fraction of sp³-hybridized carbons (Fsp3) is 0.533. The van der Waals surface area contributed by atoms with Crippen LogP contribution < -0.4 is 10.1 Å². The van der Waals surface area contributed by atoms with Crippen LogP contribution in [0.1, 0.15) is 12.0 Å². The molecule has 0 unspecified atom stereocenters. The average molecular weight is 377 g/mol. The SMILES string of the molecule is COc1cc(Cl)c(NC(=O)[C@H]2C[C@H](OC)CN2S(C)(=O)=O)cc1C. The summed E-state index contributed by atoms with van der Waals surface area (Å²) >= 11 is 6.16. The first-order chi connectivity index (χ1) is 11.2. The van der Waals surface area contributed by atoms with Crippen LogP contribution in [0.5, 0.6) is 5.75 Å². The Bertz CT molecular complexity index is 738. The highest BCUT2D eigenvalue weighted by Gasteiger charge is 2.42. The zero-order valence-electron chi connectivity index (χ0n) is 14.0. The maximum atomic E-state index is 12.6. The molecule has 0 spiro atoms. The number of nitrogens with zero attached hydrogens (tertiary/aromatic N) is 1. The fourth-order valence-corrected chi connectivity index (χ4v) is 4.02. The molecule has 24 heavy (non-hydrogen) atoms. The Balaban J connectivity index is 2.24. The molecule has 0 aliphatic carbocycles. The molecule has 0 aromatic heterocycles. The topological polar surface area (TPSA) is 84.9 Å². The van der Waals surface area contributed by atoms with Crippen molar-refractivity contribution in [2.24, 2.45) is 0 Å².